The van der Waals surface area contributed by atoms with E-state index in [1.54, 1.807) is 4.57 Å². The standard InChI is InChI=1S/C7H13N3O2S/c1-4-6-8-9-7(10(6)5-2)13(3,11)12/h4-5H2,1-3H3. The number of aromatic nitrogens is 3. The van der Waals surface area contributed by atoms with Crippen LogP contribution in [-0.4, -0.2) is 29.4 Å². The molecular weight excluding hydrogens is 190 g/mol. The second-order valence-corrected chi connectivity index (χ2v) is 4.68. The van der Waals surface area contributed by atoms with Gasteiger partial charge in [-0.1, -0.05) is 6.92 Å². The van der Waals surface area contributed by atoms with Crippen LogP contribution in [-0.2, 0) is 22.8 Å². The third kappa shape index (κ3) is 1.88. The highest BCUT2D eigenvalue weighted by Crippen LogP contribution is 2.08. The fourth-order valence-corrected chi connectivity index (χ4v) is 2.00. The van der Waals surface area contributed by atoms with Gasteiger partial charge < -0.3 is 4.57 Å². The van der Waals surface area contributed by atoms with Crippen LogP contribution in [0.5, 0.6) is 0 Å². The van der Waals surface area contributed by atoms with Crippen LogP contribution < -0.4 is 0 Å². The molecule has 0 aliphatic rings. The van der Waals surface area contributed by atoms with Gasteiger partial charge in [0.25, 0.3) is 0 Å². The minimum Gasteiger partial charge on any atom is -0.302 e. The first-order valence-electron chi connectivity index (χ1n) is 4.12. The Labute approximate surface area is 77.7 Å². The van der Waals surface area contributed by atoms with Crippen molar-refractivity contribution in [3.8, 4) is 0 Å². The second kappa shape index (κ2) is 3.45. The smallest absolute Gasteiger partial charge is 0.249 e. The zero-order valence-electron chi connectivity index (χ0n) is 7.98. The molecule has 0 amide bonds. The molecule has 1 aromatic rings. The molecule has 0 fully saturated rings. The van der Waals surface area contributed by atoms with E-state index in [9.17, 15) is 8.42 Å². The van der Waals surface area contributed by atoms with Gasteiger partial charge in [-0.05, 0) is 6.92 Å². The van der Waals surface area contributed by atoms with Crippen LogP contribution >= 0.6 is 0 Å². The molecule has 0 aliphatic heterocycles. The van der Waals surface area contributed by atoms with Crippen LogP contribution in [0.25, 0.3) is 0 Å². The molecule has 0 N–H and O–H groups in total. The first-order chi connectivity index (χ1) is 6.00. The minimum absolute atomic E-state index is 0.0619. The lowest BCUT2D eigenvalue weighted by atomic mass is 10.4. The number of rotatable bonds is 3. The Balaban J connectivity index is 3.32. The molecule has 1 aromatic heterocycles. The Morgan fingerprint density at radius 1 is 1.31 bits per heavy atom. The maximum Gasteiger partial charge on any atom is 0.249 e. The van der Waals surface area contributed by atoms with Crippen LogP contribution in [0, 0.1) is 0 Å². The average molecular weight is 203 g/mol. The highest BCUT2D eigenvalue weighted by atomic mass is 32.2. The van der Waals surface area contributed by atoms with E-state index < -0.39 is 9.84 Å². The summed E-state index contributed by atoms with van der Waals surface area (Å²) in [5.74, 6) is 0.711. The number of nitrogens with zero attached hydrogens (tertiary/aromatic N) is 3. The predicted molar refractivity (Wildman–Crippen MR) is 48.2 cm³/mol. The summed E-state index contributed by atoms with van der Waals surface area (Å²) in [5.41, 5.74) is 0. The monoisotopic (exact) mass is 203 g/mol. The van der Waals surface area contributed by atoms with Crippen molar-refractivity contribution in [2.75, 3.05) is 6.26 Å². The molecule has 1 heterocycles. The average Bonchev–Trinajstić information content (AvgIpc) is 2.45. The van der Waals surface area contributed by atoms with Gasteiger partial charge >= 0.3 is 0 Å². The summed E-state index contributed by atoms with van der Waals surface area (Å²) in [6.07, 6.45) is 1.83. The Bertz CT molecular complexity index is 394. The number of sulfone groups is 1. The van der Waals surface area contributed by atoms with Crippen LogP contribution in [0.1, 0.15) is 19.7 Å². The zero-order chi connectivity index (χ0) is 10.1. The van der Waals surface area contributed by atoms with Crippen LogP contribution in [0.2, 0.25) is 0 Å². The quantitative estimate of drug-likeness (QED) is 0.707. The SMILES string of the molecule is CCc1nnc(S(C)(=O)=O)n1CC. The van der Waals surface area contributed by atoms with Crippen molar-refractivity contribution in [1.82, 2.24) is 14.8 Å². The van der Waals surface area contributed by atoms with Gasteiger partial charge in [-0.15, -0.1) is 10.2 Å². The molecule has 74 valence electrons. The highest BCUT2D eigenvalue weighted by Gasteiger charge is 2.17. The number of aryl methyl sites for hydroxylation is 1. The van der Waals surface area contributed by atoms with Crippen LogP contribution in [0.15, 0.2) is 5.16 Å². The van der Waals surface area contributed by atoms with Crippen LogP contribution in [0.4, 0.5) is 0 Å². The summed E-state index contributed by atoms with van der Waals surface area (Å²) in [5, 5.41) is 7.52. The maximum absolute atomic E-state index is 11.2. The Kier molecular flexibility index (Phi) is 2.70. The largest absolute Gasteiger partial charge is 0.302 e. The molecule has 0 saturated carbocycles. The molecule has 0 bridgehead atoms. The predicted octanol–water partition coefficient (Wildman–Crippen LogP) is 0.264. The maximum atomic E-state index is 11.2. The third-order valence-corrected chi connectivity index (χ3v) is 2.72. The van der Waals surface area contributed by atoms with E-state index in [1.165, 1.54) is 0 Å². The Morgan fingerprint density at radius 2 is 1.92 bits per heavy atom. The van der Waals surface area contributed by atoms with E-state index in [2.05, 4.69) is 10.2 Å². The Hall–Kier alpha value is -0.910. The number of hydrogen-bond donors (Lipinski definition) is 0. The molecule has 1 rings (SSSR count). The van der Waals surface area contributed by atoms with Gasteiger partial charge in [0.05, 0.1) is 0 Å². The molecule has 0 spiro atoms. The van der Waals surface area contributed by atoms with Crippen molar-refractivity contribution in [3.05, 3.63) is 5.82 Å². The van der Waals surface area contributed by atoms with E-state index in [-0.39, 0.29) is 5.16 Å². The summed E-state index contributed by atoms with van der Waals surface area (Å²) in [6, 6.07) is 0. The van der Waals surface area contributed by atoms with Crippen molar-refractivity contribution < 1.29 is 8.42 Å². The normalized spacial score (nSPS) is 11.9. The van der Waals surface area contributed by atoms with Gasteiger partial charge in [0.2, 0.25) is 15.0 Å². The number of hydrogen-bond acceptors (Lipinski definition) is 4. The van der Waals surface area contributed by atoms with Crippen molar-refractivity contribution in [3.63, 3.8) is 0 Å². The fraction of sp³-hybridized carbons (Fsp3) is 0.714. The summed E-state index contributed by atoms with van der Waals surface area (Å²) < 4.78 is 24.1. The van der Waals surface area contributed by atoms with E-state index in [0.29, 0.717) is 18.8 Å². The summed E-state index contributed by atoms with van der Waals surface area (Å²) in [7, 11) is -3.25. The second-order valence-electron chi connectivity index (χ2n) is 2.77. The molecule has 0 radical (unpaired) electrons. The topological polar surface area (TPSA) is 64.8 Å². The molecule has 5 nitrogen and oxygen atoms in total. The van der Waals surface area contributed by atoms with Gasteiger partial charge in [0, 0.05) is 19.2 Å². The molecule has 0 aromatic carbocycles. The molecule has 0 unspecified atom stereocenters. The highest BCUT2D eigenvalue weighted by molar-refractivity contribution is 7.90. The summed E-state index contributed by atoms with van der Waals surface area (Å²) in [6.45, 7) is 4.37. The lowest BCUT2D eigenvalue weighted by Gasteiger charge is -2.03. The molecular formula is C7H13N3O2S. The fourth-order valence-electron chi connectivity index (χ4n) is 1.17. The van der Waals surface area contributed by atoms with Crippen molar-refractivity contribution in [2.45, 2.75) is 32.0 Å². The van der Waals surface area contributed by atoms with Crippen LogP contribution in [0.3, 0.4) is 0 Å². The zero-order valence-corrected chi connectivity index (χ0v) is 8.80. The first-order valence-corrected chi connectivity index (χ1v) is 6.02. The van der Waals surface area contributed by atoms with Gasteiger partial charge in [0.15, 0.2) is 0 Å². The lowest BCUT2D eigenvalue weighted by Crippen LogP contribution is -2.10. The first kappa shape index (κ1) is 10.2. The van der Waals surface area contributed by atoms with Gasteiger partial charge in [0.1, 0.15) is 5.82 Å². The summed E-state index contributed by atoms with van der Waals surface area (Å²) in [4.78, 5) is 0. The van der Waals surface area contributed by atoms with E-state index in [1.807, 2.05) is 13.8 Å². The van der Waals surface area contributed by atoms with E-state index >= 15 is 0 Å². The van der Waals surface area contributed by atoms with Crippen molar-refractivity contribution in [1.29, 1.82) is 0 Å². The molecule has 0 atom stereocenters. The molecule has 0 saturated heterocycles. The molecule has 6 heteroatoms. The van der Waals surface area contributed by atoms with E-state index in [4.69, 9.17) is 0 Å². The van der Waals surface area contributed by atoms with Gasteiger partial charge in [-0.3, -0.25) is 0 Å². The summed E-state index contributed by atoms with van der Waals surface area (Å²) >= 11 is 0. The Morgan fingerprint density at radius 3 is 2.31 bits per heavy atom. The molecule has 13 heavy (non-hydrogen) atoms. The van der Waals surface area contributed by atoms with Gasteiger partial charge in [-0.25, -0.2) is 8.42 Å². The molecule has 0 aliphatic carbocycles. The lowest BCUT2D eigenvalue weighted by molar-refractivity contribution is 0.568. The minimum atomic E-state index is -3.25. The third-order valence-electron chi connectivity index (χ3n) is 1.76. The van der Waals surface area contributed by atoms with Crippen molar-refractivity contribution >= 4 is 9.84 Å². The van der Waals surface area contributed by atoms with Gasteiger partial charge in [-0.2, -0.15) is 0 Å². The van der Waals surface area contributed by atoms with Crippen molar-refractivity contribution in [2.24, 2.45) is 0 Å². The van der Waals surface area contributed by atoms with E-state index in [0.717, 1.165) is 6.26 Å².